The third-order valence-electron chi connectivity index (χ3n) is 3.70. The van der Waals surface area contributed by atoms with Crippen molar-refractivity contribution in [2.24, 2.45) is 0 Å². The molecule has 2 aromatic carbocycles. The molecule has 0 radical (unpaired) electrons. The van der Waals surface area contributed by atoms with Crippen LogP contribution in [0.2, 0.25) is 0 Å². The number of ether oxygens (including phenoxy) is 1. The maximum atomic E-state index is 12.4. The van der Waals surface area contributed by atoms with Gasteiger partial charge in [-0.15, -0.1) is 0 Å². The van der Waals surface area contributed by atoms with Crippen LogP contribution in [0.25, 0.3) is 0 Å². The minimum atomic E-state index is -0.395. The average molecular weight is 436 g/mol. The van der Waals surface area contributed by atoms with Crippen LogP contribution in [0.3, 0.4) is 0 Å². The first kappa shape index (κ1) is 16.9. The standard InChI is InChI=1S/C18H17IN2O3/c19-13-5-2-7-15(11-13)20-17(22)12-4-1-6-14(10-12)21-18(23)16-8-3-9-24-16/h1-2,4-7,10-11,16H,3,8-9H2,(H,20,22)(H,21,23). The Morgan fingerprint density at radius 3 is 2.50 bits per heavy atom. The summed E-state index contributed by atoms with van der Waals surface area (Å²) in [5, 5.41) is 5.66. The third-order valence-corrected chi connectivity index (χ3v) is 4.37. The minimum absolute atomic E-state index is 0.164. The number of rotatable bonds is 4. The van der Waals surface area contributed by atoms with Crippen LogP contribution in [0, 0.1) is 3.57 Å². The lowest BCUT2D eigenvalue weighted by Gasteiger charge is -2.11. The van der Waals surface area contributed by atoms with Crippen LogP contribution < -0.4 is 10.6 Å². The molecular weight excluding hydrogens is 419 g/mol. The molecule has 1 heterocycles. The van der Waals surface area contributed by atoms with E-state index in [4.69, 9.17) is 4.74 Å². The quantitative estimate of drug-likeness (QED) is 0.720. The van der Waals surface area contributed by atoms with Crippen molar-refractivity contribution in [3.63, 3.8) is 0 Å². The van der Waals surface area contributed by atoms with E-state index >= 15 is 0 Å². The topological polar surface area (TPSA) is 67.4 Å². The normalized spacial score (nSPS) is 16.6. The molecule has 0 spiro atoms. The van der Waals surface area contributed by atoms with Gasteiger partial charge in [-0.05, 0) is 71.8 Å². The fraction of sp³-hybridized carbons (Fsp3) is 0.222. The van der Waals surface area contributed by atoms with Crippen molar-refractivity contribution in [3.8, 4) is 0 Å². The summed E-state index contributed by atoms with van der Waals surface area (Å²) in [6.07, 6.45) is 1.24. The molecule has 6 heteroatoms. The zero-order chi connectivity index (χ0) is 16.9. The van der Waals surface area contributed by atoms with Gasteiger partial charge in [0.15, 0.2) is 0 Å². The van der Waals surface area contributed by atoms with Crippen LogP contribution in [0.1, 0.15) is 23.2 Å². The van der Waals surface area contributed by atoms with E-state index in [0.29, 0.717) is 17.9 Å². The fourth-order valence-electron chi connectivity index (χ4n) is 2.51. The first-order valence-electron chi connectivity index (χ1n) is 7.71. The summed E-state index contributed by atoms with van der Waals surface area (Å²) in [5.74, 6) is -0.382. The van der Waals surface area contributed by atoms with Gasteiger partial charge >= 0.3 is 0 Å². The van der Waals surface area contributed by atoms with Crippen molar-refractivity contribution in [1.82, 2.24) is 0 Å². The van der Waals surface area contributed by atoms with Crippen LogP contribution in [0.15, 0.2) is 48.5 Å². The summed E-state index contributed by atoms with van der Waals surface area (Å²) >= 11 is 2.19. The zero-order valence-corrected chi connectivity index (χ0v) is 15.1. The summed E-state index contributed by atoms with van der Waals surface area (Å²) in [7, 11) is 0. The zero-order valence-electron chi connectivity index (χ0n) is 12.9. The predicted molar refractivity (Wildman–Crippen MR) is 101 cm³/mol. The Balaban J connectivity index is 1.67. The maximum absolute atomic E-state index is 12.4. The van der Waals surface area contributed by atoms with Crippen molar-refractivity contribution in [3.05, 3.63) is 57.7 Å². The van der Waals surface area contributed by atoms with Gasteiger partial charge in [-0.3, -0.25) is 9.59 Å². The van der Waals surface area contributed by atoms with Crippen LogP contribution >= 0.6 is 22.6 Å². The largest absolute Gasteiger partial charge is 0.368 e. The molecule has 2 aromatic rings. The maximum Gasteiger partial charge on any atom is 0.255 e. The second-order valence-electron chi connectivity index (χ2n) is 5.54. The first-order valence-corrected chi connectivity index (χ1v) is 8.79. The van der Waals surface area contributed by atoms with E-state index in [1.54, 1.807) is 24.3 Å². The van der Waals surface area contributed by atoms with E-state index in [0.717, 1.165) is 22.1 Å². The van der Waals surface area contributed by atoms with Crippen molar-refractivity contribution in [1.29, 1.82) is 0 Å². The van der Waals surface area contributed by atoms with Gasteiger partial charge < -0.3 is 15.4 Å². The highest BCUT2D eigenvalue weighted by Gasteiger charge is 2.23. The Bertz CT molecular complexity index is 757. The molecule has 0 aromatic heterocycles. The van der Waals surface area contributed by atoms with E-state index in [9.17, 15) is 9.59 Å². The van der Waals surface area contributed by atoms with Crippen molar-refractivity contribution in [2.45, 2.75) is 18.9 Å². The molecule has 1 unspecified atom stereocenters. The third kappa shape index (κ3) is 4.33. The van der Waals surface area contributed by atoms with Gasteiger partial charge in [0.25, 0.3) is 11.8 Å². The van der Waals surface area contributed by atoms with Crippen LogP contribution in [0.4, 0.5) is 11.4 Å². The van der Waals surface area contributed by atoms with E-state index in [1.807, 2.05) is 24.3 Å². The number of hydrogen-bond acceptors (Lipinski definition) is 3. The highest BCUT2D eigenvalue weighted by Crippen LogP contribution is 2.18. The first-order chi connectivity index (χ1) is 11.6. The smallest absolute Gasteiger partial charge is 0.255 e. The fourth-order valence-corrected chi connectivity index (χ4v) is 3.06. The molecule has 1 fully saturated rings. The van der Waals surface area contributed by atoms with Crippen molar-refractivity contribution < 1.29 is 14.3 Å². The summed E-state index contributed by atoms with van der Waals surface area (Å²) in [4.78, 5) is 24.5. The Kier molecular flexibility index (Phi) is 5.47. The summed E-state index contributed by atoms with van der Waals surface area (Å²) in [5.41, 5.74) is 1.81. The van der Waals surface area contributed by atoms with Crippen LogP contribution in [-0.4, -0.2) is 24.5 Å². The Morgan fingerprint density at radius 2 is 1.79 bits per heavy atom. The molecule has 1 saturated heterocycles. The molecule has 1 aliphatic rings. The minimum Gasteiger partial charge on any atom is -0.368 e. The number of amides is 2. The van der Waals surface area contributed by atoms with Gasteiger partial charge in [0.05, 0.1) is 0 Å². The van der Waals surface area contributed by atoms with Gasteiger partial charge in [0.1, 0.15) is 6.10 Å². The summed E-state index contributed by atoms with van der Waals surface area (Å²) < 4.78 is 6.41. The number of carbonyl (C=O) groups excluding carboxylic acids is 2. The molecule has 1 atom stereocenters. The van der Waals surface area contributed by atoms with E-state index in [-0.39, 0.29) is 11.8 Å². The monoisotopic (exact) mass is 436 g/mol. The number of halogens is 1. The van der Waals surface area contributed by atoms with Crippen LogP contribution in [0.5, 0.6) is 0 Å². The average Bonchev–Trinajstić information content (AvgIpc) is 3.10. The van der Waals surface area contributed by atoms with Gasteiger partial charge in [0, 0.05) is 27.1 Å². The molecule has 0 bridgehead atoms. The van der Waals surface area contributed by atoms with Crippen molar-refractivity contribution >= 4 is 45.8 Å². The number of hydrogen-bond donors (Lipinski definition) is 2. The molecule has 2 amide bonds. The lowest BCUT2D eigenvalue weighted by atomic mass is 10.1. The number of carbonyl (C=O) groups is 2. The van der Waals surface area contributed by atoms with Crippen LogP contribution in [-0.2, 0) is 9.53 Å². The number of nitrogens with one attached hydrogen (secondary N) is 2. The molecule has 3 rings (SSSR count). The lowest BCUT2D eigenvalue weighted by molar-refractivity contribution is -0.124. The van der Waals surface area contributed by atoms with E-state index < -0.39 is 6.10 Å². The number of benzene rings is 2. The number of anilines is 2. The summed E-state index contributed by atoms with van der Waals surface area (Å²) in [6.45, 7) is 0.621. The van der Waals surface area contributed by atoms with Crippen molar-refractivity contribution in [2.75, 3.05) is 17.2 Å². The molecule has 1 aliphatic heterocycles. The highest BCUT2D eigenvalue weighted by atomic mass is 127. The predicted octanol–water partition coefficient (Wildman–Crippen LogP) is 3.66. The Labute approximate surface area is 153 Å². The SMILES string of the molecule is O=C(Nc1cccc(I)c1)c1cccc(NC(=O)C2CCCO2)c1. The molecule has 124 valence electrons. The molecule has 5 nitrogen and oxygen atoms in total. The highest BCUT2D eigenvalue weighted by molar-refractivity contribution is 14.1. The van der Waals surface area contributed by atoms with E-state index in [1.165, 1.54) is 0 Å². The second kappa shape index (κ2) is 7.76. The molecule has 0 saturated carbocycles. The summed E-state index contributed by atoms with van der Waals surface area (Å²) in [6, 6.07) is 14.4. The molecule has 0 aliphatic carbocycles. The molecule has 24 heavy (non-hydrogen) atoms. The Morgan fingerprint density at radius 1 is 1.04 bits per heavy atom. The molecular formula is C18H17IN2O3. The van der Waals surface area contributed by atoms with E-state index in [2.05, 4.69) is 33.2 Å². The van der Waals surface area contributed by atoms with Gasteiger partial charge in [-0.25, -0.2) is 0 Å². The van der Waals surface area contributed by atoms with Gasteiger partial charge in [-0.1, -0.05) is 12.1 Å². The Hall–Kier alpha value is -1.93. The van der Waals surface area contributed by atoms with Gasteiger partial charge in [0.2, 0.25) is 0 Å². The second-order valence-corrected chi connectivity index (χ2v) is 6.78. The lowest BCUT2D eigenvalue weighted by Crippen LogP contribution is -2.27. The molecule has 2 N–H and O–H groups in total. The van der Waals surface area contributed by atoms with Gasteiger partial charge in [-0.2, -0.15) is 0 Å².